The van der Waals surface area contributed by atoms with Crippen molar-refractivity contribution in [1.82, 2.24) is 15.3 Å². The SMILES string of the molecule is COc1cc(Cl)c(C)cc1Nc1cnc(C(=O)NCc2ccco2)cn1. The van der Waals surface area contributed by atoms with Gasteiger partial charge in [0.05, 0.1) is 38.0 Å². The molecule has 7 nitrogen and oxygen atoms in total. The van der Waals surface area contributed by atoms with Crippen LogP contribution < -0.4 is 15.4 Å². The molecule has 26 heavy (non-hydrogen) atoms. The zero-order chi connectivity index (χ0) is 18.5. The number of hydrogen-bond donors (Lipinski definition) is 2. The van der Waals surface area contributed by atoms with Crippen LogP contribution in [0.3, 0.4) is 0 Å². The van der Waals surface area contributed by atoms with Gasteiger partial charge in [0, 0.05) is 11.1 Å². The van der Waals surface area contributed by atoms with Gasteiger partial charge in [-0.2, -0.15) is 0 Å². The van der Waals surface area contributed by atoms with Gasteiger partial charge in [0.25, 0.3) is 5.91 Å². The van der Waals surface area contributed by atoms with Crippen LogP contribution in [-0.4, -0.2) is 23.0 Å². The first-order valence-corrected chi connectivity index (χ1v) is 8.18. The van der Waals surface area contributed by atoms with Crippen LogP contribution in [0, 0.1) is 6.92 Å². The minimum atomic E-state index is -0.333. The maximum absolute atomic E-state index is 12.1. The number of aryl methyl sites for hydroxylation is 1. The Kier molecular flexibility index (Phi) is 5.38. The third kappa shape index (κ3) is 4.12. The summed E-state index contributed by atoms with van der Waals surface area (Å²) >= 11 is 6.10. The van der Waals surface area contributed by atoms with Gasteiger partial charge in [0.1, 0.15) is 23.0 Å². The van der Waals surface area contributed by atoms with E-state index in [0.29, 0.717) is 28.0 Å². The third-order valence-corrected chi connectivity index (χ3v) is 4.04. The second kappa shape index (κ2) is 7.88. The molecule has 1 amide bonds. The fraction of sp³-hybridized carbons (Fsp3) is 0.167. The lowest BCUT2D eigenvalue weighted by atomic mass is 10.2. The van der Waals surface area contributed by atoms with Gasteiger partial charge in [-0.1, -0.05) is 11.6 Å². The fourth-order valence-electron chi connectivity index (χ4n) is 2.25. The highest BCUT2D eigenvalue weighted by Gasteiger charge is 2.11. The monoisotopic (exact) mass is 372 g/mol. The van der Waals surface area contributed by atoms with E-state index in [-0.39, 0.29) is 18.1 Å². The van der Waals surface area contributed by atoms with Gasteiger partial charge >= 0.3 is 0 Å². The summed E-state index contributed by atoms with van der Waals surface area (Å²) in [5.41, 5.74) is 1.82. The summed E-state index contributed by atoms with van der Waals surface area (Å²) in [5.74, 6) is 1.39. The Morgan fingerprint density at radius 2 is 2.15 bits per heavy atom. The molecule has 2 aromatic heterocycles. The molecule has 0 aliphatic heterocycles. The fourth-order valence-corrected chi connectivity index (χ4v) is 2.40. The number of carbonyl (C=O) groups is 1. The van der Waals surface area contributed by atoms with Gasteiger partial charge in [-0.15, -0.1) is 0 Å². The number of hydrogen-bond acceptors (Lipinski definition) is 6. The molecule has 0 aliphatic carbocycles. The van der Waals surface area contributed by atoms with E-state index in [1.54, 1.807) is 31.6 Å². The van der Waals surface area contributed by atoms with E-state index in [1.807, 2.05) is 13.0 Å². The van der Waals surface area contributed by atoms with Gasteiger partial charge in [0.2, 0.25) is 0 Å². The maximum atomic E-state index is 12.1. The van der Waals surface area contributed by atoms with Gasteiger partial charge in [-0.05, 0) is 30.7 Å². The summed E-state index contributed by atoms with van der Waals surface area (Å²) in [6.07, 6.45) is 4.43. The average Bonchev–Trinajstić information content (AvgIpc) is 3.17. The molecular weight excluding hydrogens is 356 g/mol. The molecule has 2 N–H and O–H groups in total. The normalized spacial score (nSPS) is 10.4. The van der Waals surface area contributed by atoms with Crippen molar-refractivity contribution in [3.8, 4) is 5.75 Å². The van der Waals surface area contributed by atoms with Gasteiger partial charge in [-0.3, -0.25) is 4.79 Å². The lowest BCUT2D eigenvalue weighted by molar-refractivity contribution is 0.0942. The molecule has 2 heterocycles. The number of nitrogens with one attached hydrogen (secondary N) is 2. The smallest absolute Gasteiger partial charge is 0.271 e. The van der Waals surface area contributed by atoms with Gasteiger partial charge in [-0.25, -0.2) is 9.97 Å². The molecule has 3 rings (SSSR count). The predicted molar refractivity (Wildman–Crippen MR) is 97.9 cm³/mol. The number of amides is 1. The highest BCUT2D eigenvalue weighted by atomic mass is 35.5. The Morgan fingerprint density at radius 1 is 1.31 bits per heavy atom. The standard InChI is InChI=1S/C18H17ClN4O3/c1-11-6-14(16(25-2)7-13(11)19)23-17-10-20-15(9-21-17)18(24)22-8-12-4-3-5-26-12/h3-7,9-10H,8H2,1-2H3,(H,21,23)(H,22,24). The van der Waals surface area contributed by atoms with Crippen LogP contribution in [-0.2, 0) is 6.54 Å². The molecule has 0 unspecified atom stereocenters. The van der Waals surface area contributed by atoms with Crippen LogP contribution in [0.4, 0.5) is 11.5 Å². The third-order valence-electron chi connectivity index (χ3n) is 3.63. The number of aromatic nitrogens is 2. The second-order valence-electron chi connectivity index (χ2n) is 5.48. The van der Waals surface area contributed by atoms with Gasteiger partial charge < -0.3 is 19.8 Å². The van der Waals surface area contributed by atoms with E-state index in [0.717, 1.165) is 5.56 Å². The van der Waals surface area contributed by atoms with Crippen LogP contribution in [0.15, 0.2) is 47.3 Å². The van der Waals surface area contributed by atoms with E-state index < -0.39 is 0 Å². The second-order valence-corrected chi connectivity index (χ2v) is 5.88. The number of benzene rings is 1. The molecule has 0 radical (unpaired) electrons. The van der Waals surface area contributed by atoms with Crippen LogP contribution in [0.25, 0.3) is 0 Å². The summed E-state index contributed by atoms with van der Waals surface area (Å²) in [4.78, 5) is 20.4. The first-order valence-electron chi connectivity index (χ1n) is 7.80. The molecule has 0 saturated carbocycles. The average molecular weight is 373 g/mol. The summed E-state index contributed by atoms with van der Waals surface area (Å²) in [6.45, 7) is 2.18. The molecular formula is C18H17ClN4O3. The number of nitrogens with zero attached hydrogens (tertiary/aromatic N) is 2. The van der Waals surface area contributed by atoms with Crippen LogP contribution >= 0.6 is 11.6 Å². The van der Waals surface area contributed by atoms with Crippen LogP contribution in [0.2, 0.25) is 5.02 Å². The molecule has 8 heteroatoms. The number of rotatable bonds is 6. The molecule has 0 bridgehead atoms. The lowest BCUT2D eigenvalue weighted by Gasteiger charge is -2.12. The largest absolute Gasteiger partial charge is 0.495 e. The van der Waals surface area contributed by atoms with Crippen molar-refractivity contribution in [3.05, 3.63) is 65.0 Å². The summed E-state index contributed by atoms with van der Waals surface area (Å²) in [6, 6.07) is 7.12. The van der Waals surface area contributed by atoms with Crippen molar-refractivity contribution in [2.24, 2.45) is 0 Å². The Balaban J connectivity index is 1.68. The maximum Gasteiger partial charge on any atom is 0.271 e. The highest BCUT2D eigenvalue weighted by Crippen LogP contribution is 2.32. The minimum absolute atomic E-state index is 0.210. The quantitative estimate of drug-likeness (QED) is 0.685. The number of furan rings is 1. The van der Waals surface area contributed by atoms with E-state index in [2.05, 4.69) is 20.6 Å². The van der Waals surface area contributed by atoms with Crippen LogP contribution in [0.1, 0.15) is 21.8 Å². The number of ether oxygens (including phenoxy) is 1. The Labute approximate surface area is 155 Å². The predicted octanol–water partition coefficient (Wildman–Crippen LogP) is 3.71. The van der Waals surface area contributed by atoms with E-state index in [4.69, 9.17) is 20.8 Å². The zero-order valence-corrected chi connectivity index (χ0v) is 15.0. The van der Waals surface area contributed by atoms with Crippen LogP contribution in [0.5, 0.6) is 5.75 Å². The first-order chi connectivity index (χ1) is 12.6. The van der Waals surface area contributed by atoms with Crippen molar-refractivity contribution in [2.75, 3.05) is 12.4 Å². The lowest BCUT2D eigenvalue weighted by Crippen LogP contribution is -2.23. The number of carbonyl (C=O) groups excluding carboxylic acids is 1. The van der Waals surface area contributed by atoms with E-state index >= 15 is 0 Å². The zero-order valence-electron chi connectivity index (χ0n) is 14.2. The van der Waals surface area contributed by atoms with Crippen molar-refractivity contribution in [2.45, 2.75) is 13.5 Å². The van der Waals surface area contributed by atoms with Gasteiger partial charge in [0.15, 0.2) is 0 Å². The number of methoxy groups -OCH3 is 1. The highest BCUT2D eigenvalue weighted by molar-refractivity contribution is 6.31. The molecule has 134 valence electrons. The number of anilines is 2. The molecule has 0 fully saturated rings. The van der Waals surface area contributed by atoms with Crippen molar-refractivity contribution < 1.29 is 13.9 Å². The van der Waals surface area contributed by atoms with E-state index in [9.17, 15) is 4.79 Å². The first kappa shape index (κ1) is 17.8. The molecule has 0 saturated heterocycles. The Hall–Kier alpha value is -3.06. The minimum Gasteiger partial charge on any atom is -0.495 e. The van der Waals surface area contributed by atoms with Crippen molar-refractivity contribution in [1.29, 1.82) is 0 Å². The molecule has 0 aliphatic rings. The van der Waals surface area contributed by atoms with Crippen molar-refractivity contribution >= 4 is 29.0 Å². The Morgan fingerprint density at radius 3 is 2.81 bits per heavy atom. The van der Waals surface area contributed by atoms with Crippen molar-refractivity contribution in [3.63, 3.8) is 0 Å². The summed E-state index contributed by atoms with van der Waals surface area (Å²) in [7, 11) is 1.56. The molecule has 3 aromatic rings. The molecule has 1 aromatic carbocycles. The number of halogens is 1. The Bertz CT molecular complexity index is 896. The summed E-state index contributed by atoms with van der Waals surface area (Å²) < 4.78 is 10.5. The molecule has 0 atom stereocenters. The molecule has 0 spiro atoms. The topological polar surface area (TPSA) is 89.3 Å². The summed E-state index contributed by atoms with van der Waals surface area (Å²) in [5, 5.41) is 6.43. The van der Waals surface area contributed by atoms with E-state index in [1.165, 1.54) is 12.4 Å².